The van der Waals surface area contributed by atoms with Crippen LogP contribution in [-0.2, 0) is 0 Å². The summed E-state index contributed by atoms with van der Waals surface area (Å²) in [6, 6.07) is 0. The first-order valence-corrected chi connectivity index (χ1v) is 3.54. The first kappa shape index (κ1) is 8.51. The van der Waals surface area contributed by atoms with Gasteiger partial charge in [-0.1, -0.05) is 13.8 Å². The van der Waals surface area contributed by atoms with Crippen LogP contribution in [0.3, 0.4) is 0 Å². The summed E-state index contributed by atoms with van der Waals surface area (Å²) < 4.78 is 0.794. The monoisotopic (exact) mass is 169 g/mol. The highest BCUT2D eigenvalue weighted by Crippen LogP contribution is 2.04. The van der Waals surface area contributed by atoms with Crippen LogP contribution in [-0.4, -0.2) is 14.9 Å². The second-order valence-electron chi connectivity index (χ2n) is 2.77. The molecule has 0 bridgehead atoms. The van der Waals surface area contributed by atoms with Crippen molar-refractivity contribution in [1.29, 1.82) is 0 Å². The lowest BCUT2D eigenvalue weighted by Gasteiger charge is -2.05. The second-order valence-corrected chi connectivity index (χ2v) is 2.77. The first-order chi connectivity index (χ1) is 5.54. The van der Waals surface area contributed by atoms with Crippen LogP contribution in [0.4, 0.5) is 5.95 Å². The van der Waals surface area contributed by atoms with Gasteiger partial charge in [-0.25, -0.2) is 0 Å². The van der Waals surface area contributed by atoms with Crippen LogP contribution in [0.5, 0.6) is 0 Å². The molecule has 0 spiro atoms. The molecular formula is C6H11N5O. The minimum atomic E-state index is -0.391. The molecule has 0 saturated carbocycles. The molecule has 66 valence electrons. The number of nitrogens with zero attached hydrogens (tertiary/aromatic N) is 3. The molecule has 12 heavy (non-hydrogen) atoms. The molecule has 0 aromatic carbocycles. The van der Waals surface area contributed by atoms with Crippen LogP contribution < -0.4 is 17.1 Å². The number of hydrogen-bond donors (Lipinski definition) is 2. The fraction of sp³-hybridized carbons (Fsp3) is 0.500. The van der Waals surface area contributed by atoms with Crippen molar-refractivity contribution in [2.75, 3.05) is 11.6 Å². The number of aromatic nitrogens is 3. The van der Waals surface area contributed by atoms with Gasteiger partial charge in [-0.15, -0.1) is 10.2 Å². The third-order valence-corrected chi connectivity index (χ3v) is 1.49. The molecule has 1 heterocycles. The molecule has 1 aromatic heterocycles. The molecule has 0 saturated heterocycles. The van der Waals surface area contributed by atoms with Gasteiger partial charge in [-0.05, 0) is 0 Å². The van der Waals surface area contributed by atoms with Crippen molar-refractivity contribution in [2.45, 2.75) is 19.8 Å². The second kappa shape index (κ2) is 2.80. The zero-order valence-corrected chi connectivity index (χ0v) is 6.98. The normalized spacial score (nSPS) is 10.6. The van der Waals surface area contributed by atoms with Crippen LogP contribution in [0.25, 0.3) is 0 Å². The predicted octanol–water partition coefficient (Wildman–Crippen LogP) is -0.942. The average molecular weight is 169 g/mol. The summed E-state index contributed by atoms with van der Waals surface area (Å²) in [6.45, 7) is 3.67. The van der Waals surface area contributed by atoms with Crippen LogP contribution in [0.2, 0.25) is 0 Å². The van der Waals surface area contributed by atoms with Crippen molar-refractivity contribution in [2.24, 2.45) is 0 Å². The van der Waals surface area contributed by atoms with E-state index in [-0.39, 0.29) is 11.9 Å². The van der Waals surface area contributed by atoms with Crippen LogP contribution in [0, 0.1) is 0 Å². The van der Waals surface area contributed by atoms with Crippen molar-refractivity contribution < 1.29 is 0 Å². The zero-order chi connectivity index (χ0) is 9.30. The summed E-state index contributed by atoms with van der Waals surface area (Å²) in [4.78, 5) is 11.3. The van der Waals surface area contributed by atoms with E-state index in [1.54, 1.807) is 0 Å². The quantitative estimate of drug-likeness (QED) is 0.528. The van der Waals surface area contributed by atoms with Crippen LogP contribution in [0.15, 0.2) is 4.79 Å². The maximum absolute atomic E-state index is 11.3. The Morgan fingerprint density at radius 1 is 1.42 bits per heavy atom. The summed E-state index contributed by atoms with van der Waals surface area (Å²) in [5.41, 5.74) is 5.19. The average Bonchev–Trinajstić information content (AvgIpc) is 2.00. The van der Waals surface area contributed by atoms with E-state index in [0.29, 0.717) is 5.69 Å². The maximum atomic E-state index is 11.3. The topological polar surface area (TPSA) is 99.8 Å². The van der Waals surface area contributed by atoms with E-state index in [1.807, 2.05) is 13.8 Å². The van der Waals surface area contributed by atoms with E-state index in [1.165, 1.54) is 0 Å². The van der Waals surface area contributed by atoms with Crippen molar-refractivity contribution >= 4 is 5.95 Å². The van der Waals surface area contributed by atoms with Gasteiger partial charge in [0.05, 0.1) is 0 Å². The Balaban J connectivity index is 3.37. The highest BCUT2D eigenvalue weighted by atomic mass is 16.1. The Labute approximate surface area is 69.2 Å². The molecule has 6 heteroatoms. The first-order valence-electron chi connectivity index (χ1n) is 3.54. The van der Waals surface area contributed by atoms with Gasteiger partial charge >= 0.3 is 0 Å². The molecule has 0 atom stereocenters. The molecule has 0 aliphatic carbocycles. The molecule has 0 fully saturated rings. The summed E-state index contributed by atoms with van der Waals surface area (Å²) in [7, 11) is 0. The van der Waals surface area contributed by atoms with Gasteiger partial charge in [-0.3, -0.25) is 4.79 Å². The van der Waals surface area contributed by atoms with Gasteiger partial charge in [0.2, 0.25) is 5.95 Å². The molecule has 0 radical (unpaired) electrons. The van der Waals surface area contributed by atoms with Gasteiger partial charge in [0, 0.05) is 5.92 Å². The van der Waals surface area contributed by atoms with Crippen molar-refractivity contribution in [3.05, 3.63) is 16.0 Å². The molecule has 0 aliphatic rings. The van der Waals surface area contributed by atoms with Gasteiger partial charge in [0.25, 0.3) is 5.56 Å². The van der Waals surface area contributed by atoms with Gasteiger partial charge in [0.15, 0.2) is 0 Å². The van der Waals surface area contributed by atoms with Gasteiger partial charge in [0.1, 0.15) is 5.69 Å². The number of anilines is 1. The third kappa shape index (κ3) is 1.23. The molecule has 0 unspecified atom stereocenters. The SMILES string of the molecule is CC(C)c1nnc(N)n(N)c1=O. The minimum Gasteiger partial charge on any atom is -0.366 e. The fourth-order valence-corrected chi connectivity index (χ4v) is 0.786. The molecule has 6 nitrogen and oxygen atoms in total. The van der Waals surface area contributed by atoms with Crippen molar-refractivity contribution in [3.8, 4) is 0 Å². The Kier molecular flexibility index (Phi) is 1.99. The molecule has 0 aliphatic heterocycles. The van der Waals surface area contributed by atoms with Crippen molar-refractivity contribution in [1.82, 2.24) is 14.9 Å². The van der Waals surface area contributed by atoms with E-state index in [4.69, 9.17) is 11.6 Å². The lowest BCUT2D eigenvalue weighted by atomic mass is 10.1. The van der Waals surface area contributed by atoms with E-state index in [9.17, 15) is 4.79 Å². The largest absolute Gasteiger partial charge is 0.366 e. The Hall–Kier alpha value is -1.59. The maximum Gasteiger partial charge on any atom is 0.295 e. The number of nitrogen functional groups attached to an aromatic ring is 2. The minimum absolute atomic E-state index is 0.000370. The highest BCUT2D eigenvalue weighted by molar-refractivity contribution is 5.16. The zero-order valence-electron chi connectivity index (χ0n) is 6.98. The molecule has 4 N–H and O–H groups in total. The summed E-state index contributed by atoms with van der Waals surface area (Å²) in [5.74, 6) is 5.22. The Morgan fingerprint density at radius 2 is 2.00 bits per heavy atom. The van der Waals surface area contributed by atoms with Crippen LogP contribution >= 0.6 is 0 Å². The summed E-state index contributed by atoms with van der Waals surface area (Å²) >= 11 is 0. The van der Waals surface area contributed by atoms with E-state index < -0.39 is 5.56 Å². The van der Waals surface area contributed by atoms with Gasteiger partial charge in [-0.2, -0.15) is 4.68 Å². The molecule has 1 aromatic rings. The summed E-state index contributed by atoms with van der Waals surface area (Å²) in [6.07, 6.45) is 0. The predicted molar refractivity (Wildman–Crippen MR) is 44.9 cm³/mol. The number of hydrogen-bond acceptors (Lipinski definition) is 5. The summed E-state index contributed by atoms with van der Waals surface area (Å²) in [5, 5.41) is 7.18. The number of nitrogens with two attached hydrogens (primary N) is 2. The van der Waals surface area contributed by atoms with Gasteiger partial charge < -0.3 is 11.6 Å². The fourth-order valence-electron chi connectivity index (χ4n) is 0.786. The molecule has 0 amide bonds. The highest BCUT2D eigenvalue weighted by Gasteiger charge is 2.10. The Bertz CT molecular complexity index is 342. The standard InChI is InChI=1S/C6H11N5O/c1-3(2)4-5(12)11(8)6(7)10-9-4/h3H,8H2,1-2H3,(H2,7,10). The van der Waals surface area contributed by atoms with E-state index in [2.05, 4.69) is 10.2 Å². The lowest BCUT2D eigenvalue weighted by Crippen LogP contribution is -2.34. The molecule has 1 rings (SSSR count). The molecular weight excluding hydrogens is 158 g/mol. The Morgan fingerprint density at radius 3 is 2.50 bits per heavy atom. The smallest absolute Gasteiger partial charge is 0.295 e. The third-order valence-electron chi connectivity index (χ3n) is 1.49. The van der Waals surface area contributed by atoms with Crippen molar-refractivity contribution in [3.63, 3.8) is 0 Å². The van der Waals surface area contributed by atoms with E-state index in [0.717, 1.165) is 4.68 Å². The van der Waals surface area contributed by atoms with Crippen LogP contribution in [0.1, 0.15) is 25.5 Å². The number of rotatable bonds is 1. The lowest BCUT2D eigenvalue weighted by molar-refractivity contribution is 0.718. The van der Waals surface area contributed by atoms with E-state index >= 15 is 0 Å².